The Morgan fingerprint density at radius 1 is 1.31 bits per heavy atom. The van der Waals surface area contributed by atoms with Crippen molar-refractivity contribution in [3.8, 4) is 0 Å². The van der Waals surface area contributed by atoms with Crippen LogP contribution in [0.25, 0.3) is 10.9 Å². The lowest BCUT2D eigenvalue weighted by Crippen LogP contribution is -2.16. The molecule has 0 atom stereocenters. The summed E-state index contributed by atoms with van der Waals surface area (Å²) < 4.78 is 2.67. The van der Waals surface area contributed by atoms with Crippen LogP contribution in [-0.2, 0) is 7.05 Å². The molecule has 0 aliphatic rings. The molecule has 0 fully saturated rings. The Hall–Kier alpha value is -0.840. The van der Waals surface area contributed by atoms with E-state index in [9.17, 15) is 4.79 Å². The molecule has 0 unspecified atom stereocenters. The van der Waals surface area contributed by atoms with Gasteiger partial charge in [0.2, 0.25) is 0 Å². The van der Waals surface area contributed by atoms with E-state index < -0.39 is 0 Å². The monoisotopic (exact) mass is 285 g/mol. The maximum Gasteiger partial charge on any atom is 0.251 e. The van der Waals surface area contributed by atoms with Gasteiger partial charge in [-0.15, -0.1) is 0 Å². The Kier molecular flexibility index (Phi) is 2.11. The lowest BCUT2D eigenvalue weighted by molar-refractivity contribution is 0.904. The maximum atomic E-state index is 11.4. The molecule has 2 aromatic rings. The second kappa shape index (κ2) is 3.14. The molecule has 0 N–H and O–H groups in total. The molecule has 1 aromatic heterocycles. The number of para-hydroxylation sites is 1. The molecule has 2 rings (SSSR count). The molecule has 2 nitrogen and oxygen atoms in total. The third kappa shape index (κ3) is 1.37. The number of halogens is 1. The Labute approximate surface area is 89.3 Å². The van der Waals surface area contributed by atoms with Crippen LogP contribution in [0, 0.1) is 3.57 Å². The van der Waals surface area contributed by atoms with Crippen molar-refractivity contribution in [3.63, 3.8) is 0 Å². The quantitative estimate of drug-likeness (QED) is 0.680. The van der Waals surface area contributed by atoms with E-state index in [2.05, 4.69) is 22.6 Å². The molecule has 0 spiro atoms. The summed E-state index contributed by atoms with van der Waals surface area (Å²) in [5, 5.41) is 1.13. The summed E-state index contributed by atoms with van der Waals surface area (Å²) in [4.78, 5) is 11.4. The lowest BCUT2D eigenvalue weighted by Gasteiger charge is -2.04. The number of fused-ring (bicyclic) bond motifs is 1. The van der Waals surface area contributed by atoms with Crippen LogP contribution in [0.5, 0.6) is 0 Å². The van der Waals surface area contributed by atoms with E-state index in [1.54, 1.807) is 17.7 Å². The van der Waals surface area contributed by atoms with Gasteiger partial charge in [0.15, 0.2) is 0 Å². The zero-order chi connectivity index (χ0) is 9.42. The van der Waals surface area contributed by atoms with E-state index in [1.807, 2.05) is 24.3 Å². The molecular weight excluding hydrogens is 277 g/mol. The molecule has 3 heteroatoms. The fraction of sp³-hybridized carbons (Fsp3) is 0.100. The smallest absolute Gasteiger partial charge is 0.251 e. The minimum absolute atomic E-state index is 0.0445. The SMILES string of the molecule is Cn1c(=O)cc(I)c2ccccc21. The van der Waals surface area contributed by atoms with Crippen molar-refractivity contribution in [1.29, 1.82) is 0 Å². The van der Waals surface area contributed by atoms with E-state index >= 15 is 0 Å². The number of aryl methyl sites for hydroxylation is 1. The molecule has 0 radical (unpaired) electrons. The van der Waals surface area contributed by atoms with Crippen molar-refractivity contribution in [1.82, 2.24) is 4.57 Å². The molecule has 1 aromatic carbocycles. The first kappa shape index (κ1) is 8.74. The second-order valence-corrected chi connectivity index (χ2v) is 4.07. The van der Waals surface area contributed by atoms with Crippen LogP contribution in [-0.4, -0.2) is 4.57 Å². The van der Waals surface area contributed by atoms with E-state index in [4.69, 9.17) is 0 Å². The van der Waals surface area contributed by atoms with Gasteiger partial charge in [-0.05, 0) is 28.7 Å². The summed E-state index contributed by atoms with van der Waals surface area (Å²) in [6.07, 6.45) is 0. The highest BCUT2D eigenvalue weighted by atomic mass is 127. The van der Waals surface area contributed by atoms with Gasteiger partial charge in [-0.3, -0.25) is 4.79 Å². The minimum Gasteiger partial charge on any atom is -0.311 e. The van der Waals surface area contributed by atoms with Gasteiger partial charge >= 0.3 is 0 Å². The van der Waals surface area contributed by atoms with Gasteiger partial charge in [-0.25, -0.2) is 0 Å². The average Bonchev–Trinajstić information content (AvgIpc) is 2.15. The second-order valence-electron chi connectivity index (χ2n) is 2.91. The predicted molar refractivity (Wildman–Crippen MR) is 61.9 cm³/mol. The van der Waals surface area contributed by atoms with Gasteiger partial charge < -0.3 is 4.57 Å². The fourth-order valence-corrected chi connectivity index (χ4v) is 2.09. The topological polar surface area (TPSA) is 22.0 Å². The Morgan fingerprint density at radius 3 is 2.77 bits per heavy atom. The summed E-state index contributed by atoms with van der Waals surface area (Å²) in [6, 6.07) is 9.56. The van der Waals surface area contributed by atoms with Gasteiger partial charge in [0.05, 0.1) is 5.52 Å². The highest BCUT2D eigenvalue weighted by Gasteiger charge is 2.01. The number of nitrogens with zero attached hydrogens (tertiary/aromatic N) is 1. The first-order valence-corrected chi connectivity index (χ1v) is 5.02. The van der Waals surface area contributed by atoms with Crippen molar-refractivity contribution < 1.29 is 0 Å². The van der Waals surface area contributed by atoms with Gasteiger partial charge in [-0.1, -0.05) is 18.2 Å². The van der Waals surface area contributed by atoms with Gasteiger partial charge in [0, 0.05) is 22.1 Å². The van der Waals surface area contributed by atoms with E-state index in [0.29, 0.717) is 0 Å². The number of pyridine rings is 1. The third-order valence-electron chi connectivity index (χ3n) is 2.10. The zero-order valence-corrected chi connectivity index (χ0v) is 9.28. The summed E-state index contributed by atoms with van der Waals surface area (Å²) in [7, 11) is 1.79. The van der Waals surface area contributed by atoms with Crippen molar-refractivity contribution in [2.45, 2.75) is 0 Å². The summed E-state index contributed by atoms with van der Waals surface area (Å²) in [6.45, 7) is 0. The van der Waals surface area contributed by atoms with Crippen LogP contribution in [0.4, 0.5) is 0 Å². The first-order chi connectivity index (χ1) is 6.20. The van der Waals surface area contributed by atoms with Crippen molar-refractivity contribution in [2.24, 2.45) is 7.05 Å². The van der Waals surface area contributed by atoms with Crippen LogP contribution in [0.15, 0.2) is 35.1 Å². The average molecular weight is 285 g/mol. The molecule has 0 aliphatic heterocycles. The number of hydrogen-bond donors (Lipinski definition) is 0. The number of aromatic nitrogens is 1. The van der Waals surface area contributed by atoms with Gasteiger partial charge in [-0.2, -0.15) is 0 Å². The predicted octanol–water partition coefficient (Wildman–Crippen LogP) is 2.14. The van der Waals surface area contributed by atoms with Crippen LogP contribution < -0.4 is 5.56 Å². The zero-order valence-electron chi connectivity index (χ0n) is 7.12. The van der Waals surface area contributed by atoms with Crippen LogP contribution in [0.3, 0.4) is 0 Å². The van der Waals surface area contributed by atoms with Gasteiger partial charge in [0.1, 0.15) is 0 Å². The summed E-state index contributed by atoms with van der Waals surface area (Å²) in [5.74, 6) is 0. The molecule has 0 aliphatic carbocycles. The van der Waals surface area contributed by atoms with Crippen molar-refractivity contribution in [2.75, 3.05) is 0 Å². The van der Waals surface area contributed by atoms with Crippen molar-refractivity contribution in [3.05, 3.63) is 44.3 Å². The minimum atomic E-state index is 0.0445. The fourth-order valence-electron chi connectivity index (χ4n) is 1.37. The summed E-state index contributed by atoms with van der Waals surface area (Å²) in [5.41, 5.74) is 1.03. The third-order valence-corrected chi connectivity index (χ3v) is 3.00. The molecule has 0 saturated carbocycles. The Balaban J connectivity index is 3.06. The molecule has 66 valence electrons. The van der Waals surface area contributed by atoms with Crippen LogP contribution in [0.1, 0.15) is 0 Å². The molecule has 1 heterocycles. The van der Waals surface area contributed by atoms with Crippen LogP contribution in [0.2, 0.25) is 0 Å². The maximum absolute atomic E-state index is 11.4. The highest BCUT2D eigenvalue weighted by molar-refractivity contribution is 14.1. The normalized spacial score (nSPS) is 10.6. The van der Waals surface area contributed by atoms with Gasteiger partial charge in [0.25, 0.3) is 5.56 Å². The van der Waals surface area contributed by atoms with E-state index in [1.165, 1.54) is 0 Å². The highest BCUT2D eigenvalue weighted by Crippen LogP contribution is 2.17. The molecule has 0 amide bonds. The molecule has 0 saturated heterocycles. The number of rotatable bonds is 0. The summed E-state index contributed by atoms with van der Waals surface area (Å²) >= 11 is 2.19. The Morgan fingerprint density at radius 2 is 2.00 bits per heavy atom. The standard InChI is InChI=1S/C10H8INO/c1-12-9-5-3-2-4-7(9)8(11)6-10(12)13/h2-6H,1H3. The molecule has 0 bridgehead atoms. The Bertz CT molecular complexity index is 516. The lowest BCUT2D eigenvalue weighted by atomic mass is 10.2. The molecular formula is C10H8INO. The number of hydrogen-bond acceptors (Lipinski definition) is 1. The van der Waals surface area contributed by atoms with E-state index in [-0.39, 0.29) is 5.56 Å². The van der Waals surface area contributed by atoms with E-state index in [0.717, 1.165) is 14.5 Å². The molecule has 13 heavy (non-hydrogen) atoms. The van der Waals surface area contributed by atoms with Crippen LogP contribution >= 0.6 is 22.6 Å². The number of benzene rings is 1. The largest absolute Gasteiger partial charge is 0.311 e. The first-order valence-electron chi connectivity index (χ1n) is 3.94. The van der Waals surface area contributed by atoms with Crippen molar-refractivity contribution >= 4 is 33.5 Å².